The average molecular weight is 380 g/mol. The van der Waals surface area contributed by atoms with Crippen molar-refractivity contribution in [2.45, 2.75) is 6.36 Å². The van der Waals surface area contributed by atoms with E-state index in [1.165, 1.54) is 41.6 Å². The van der Waals surface area contributed by atoms with Crippen LogP contribution in [0.1, 0.15) is 5.56 Å². The summed E-state index contributed by atoms with van der Waals surface area (Å²) in [6.45, 7) is 0. The molecule has 0 spiro atoms. The van der Waals surface area contributed by atoms with Crippen molar-refractivity contribution >= 4 is 5.90 Å². The molecular weight excluding hydrogens is 368 g/mol. The fraction of sp³-hybridized carbons (Fsp3) is 0.118. The third-order valence-corrected chi connectivity index (χ3v) is 3.46. The lowest BCUT2D eigenvalue weighted by Crippen LogP contribution is -2.32. The first kappa shape index (κ1) is 18.4. The molecule has 0 radical (unpaired) electrons. The van der Waals surface area contributed by atoms with Crippen LogP contribution in [0.15, 0.2) is 60.2 Å². The Balaban J connectivity index is 1.83. The van der Waals surface area contributed by atoms with Gasteiger partial charge in [0.1, 0.15) is 11.6 Å². The van der Waals surface area contributed by atoms with E-state index < -0.39 is 18.1 Å². The minimum atomic E-state index is -4.79. The van der Waals surface area contributed by atoms with Crippen LogP contribution in [0.5, 0.6) is 5.75 Å². The molecule has 6 nitrogen and oxygen atoms in total. The third kappa shape index (κ3) is 4.60. The second kappa shape index (κ2) is 7.06. The summed E-state index contributed by atoms with van der Waals surface area (Å²) in [6, 6.07) is 8.78. The Morgan fingerprint density at radius 3 is 2.37 bits per heavy atom. The molecule has 0 aliphatic heterocycles. The van der Waals surface area contributed by atoms with Gasteiger partial charge in [-0.3, -0.25) is 0 Å². The Morgan fingerprint density at radius 1 is 1.15 bits per heavy atom. The van der Waals surface area contributed by atoms with Crippen LogP contribution < -0.4 is 14.5 Å². The molecule has 27 heavy (non-hydrogen) atoms. The molecule has 0 saturated carbocycles. The lowest BCUT2D eigenvalue weighted by atomic mass is 10.0. The van der Waals surface area contributed by atoms with Gasteiger partial charge in [-0.05, 0) is 29.3 Å². The molecule has 0 fully saturated rings. The standard InChI is InChI=1S/C17H12F4N4O2/c1-24-10-25(9-22-24)23-16(26)14-7-4-12(8-15(14)18)11-2-5-13(6-3-11)27-17(19,20)21/h2-10H,1H3. The van der Waals surface area contributed by atoms with Gasteiger partial charge >= 0.3 is 6.36 Å². The van der Waals surface area contributed by atoms with Crippen molar-refractivity contribution in [3.8, 4) is 16.9 Å². The molecule has 3 rings (SSSR count). The van der Waals surface area contributed by atoms with Crippen LogP contribution in [-0.4, -0.2) is 22.0 Å². The van der Waals surface area contributed by atoms with Crippen LogP contribution in [0.4, 0.5) is 17.6 Å². The molecule has 0 atom stereocenters. The number of rotatable bonds is 4. The van der Waals surface area contributed by atoms with Crippen LogP contribution in [0, 0.1) is 5.82 Å². The Bertz CT molecular complexity index is 981. The monoisotopic (exact) mass is 380 g/mol. The van der Waals surface area contributed by atoms with Crippen molar-refractivity contribution in [2.75, 3.05) is 0 Å². The summed E-state index contributed by atoms with van der Waals surface area (Å²) in [5.74, 6) is -1.99. The Morgan fingerprint density at radius 2 is 1.81 bits per heavy atom. The Labute approximate surface area is 150 Å². The van der Waals surface area contributed by atoms with E-state index in [1.54, 1.807) is 7.05 Å². The maximum absolute atomic E-state index is 14.3. The second-order valence-electron chi connectivity index (χ2n) is 5.47. The van der Waals surface area contributed by atoms with Crippen molar-refractivity contribution in [3.05, 3.63) is 66.5 Å². The number of aryl methyl sites for hydroxylation is 1. The smallest absolute Gasteiger partial charge is 0.573 e. The summed E-state index contributed by atoms with van der Waals surface area (Å²) in [5, 5.41) is 19.6. The lowest BCUT2D eigenvalue weighted by Gasteiger charge is -2.12. The van der Waals surface area contributed by atoms with Crippen molar-refractivity contribution in [1.82, 2.24) is 9.78 Å². The van der Waals surface area contributed by atoms with Gasteiger partial charge in [0.05, 0.1) is 7.05 Å². The number of benzene rings is 2. The van der Waals surface area contributed by atoms with Gasteiger partial charge in [-0.15, -0.1) is 27.6 Å². The first-order valence-electron chi connectivity index (χ1n) is 7.53. The normalized spacial score (nSPS) is 12.3. The fourth-order valence-corrected chi connectivity index (χ4v) is 2.29. The minimum Gasteiger partial charge on any atom is -0.856 e. The summed E-state index contributed by atoms with van der Waals surface area (Å²) in [5.41, 5.74) is 0.602. The summed E-state index contributed by atoms with van der Waals surface area (Å²) < 4.78 is 57.2. The number of aromatic nitrogens is 3. The van der Waals surface area contributed by atoms with Gasteiger partial charge in [0, 0.05) is 16.6 Å². The van der Waals surface area contributed by atoms with Crippen LogP contribution in [0.3, 0.4) is 0 Å². The first-order chi connectivity index (χ1) is 12.7. The number of halogens is 4. The molecule has 0 aliphatic rings. The highest BCUT2D eigenvalue weighted by Gasteiger charge is 2.30. The highest BCUT2D eigenvalue weighted by molar-refractivity contribution is 5.91. The predicted molar refractivity (Wildman–Crippen MR) is 83.9 cm³/mol. The number of nitrogens with zero attached hydrogens (tertiary/aromatic N) is 4. The van der Waals surface area contributed by atoms with E-state index in [2.05, 4.69) is 14.9 Å². The van der Waals surface area contributed by atoms with Gasteiger partial charge < -0.3 is 9.84 Å². The van der Waals surface area contributed by atoms with Crippen molar-refractivity contribution in [3.63, 3.8) is 0 Å². The zero-order chi connectivity index (χ0) is 19.6. The largest absolute Gasteiger partial charge is 0.856 e. The maximum atomic E-state index is 14.3. The van der Waals surface area contributed by atoms with Gasteiger partial charge in [0.2, 0.25) is 6.33 Å². The molecule has 0 amide bonds. The predicted octanol–water partition coefficient (Wildman–Crippen LogP) is 1.98. The Kier molecular flexibility index (Phi) is 4.80. The van der Waals surface area contributed by atoms with E-state index >= 15 is 0 Å². The molecule has 10 heteroatoms. The van der Waals surface area contributed by atoms with E-state index in [9.17, 15) is 22.7 Å². The molecule has 0 aliphatic carbocycles. The van der Waals surface area contributed by atoms with Gasteiger partial charge in [-0.2, -0.15) is 0 Å². The van der Waals surface area contributed by atoms with Crippen molar-refractivity contribution in [2.24, 2.45) is 12.1 Å². The minimum absolute atomic E-state index is 0.243. The summed E-state index contributed by atoms with van der Waals surface area (Å²) in [4.78, 5) is 0. The third-order valence-electron chi connectivity index (χ3n) is 3.46. The maximum Gasteiger partial charge on any atom is 0.573 e. The highest BCUT2D eigenvalue weighted by atomic mass is 19.4. The van der Waals surface area contributed by atoms with E-state index in [0.717, 1.165) is 22.9 Å². The molecule has 3 aromatic rings. The lowest BCUT2D eigenvalue weighted by molar-refractivity contribution is -0.682. The SMILES string of the molecule is Cn1c[n+](/N=C(\[O-])c2ccc(-c3ccc(OC(F)(F)F)cc3)cc2F)cn1. The number of hydrogen-bond acceptors (Lipinski definition) is 4. The molecule has 1 aromatic heterocycles. The van der Waals surface area contributed by atoms with E-state index in [1.807, 2.05) is 0 Å². The van der Waals surface area contributed by atoms with Crippen LogP contribution in [0.25, 0.3) is 11.1 Å². The van der Waals surface area contributed by atoms with E-state index in [-0.39, 0.29) is 11.3 Å². The van der Waals surface area contributed by atoms with Crippen LogP contribution in [-0.2, 0) is 7.05 Å². The second-order valence-corrected chi connectivity index (χ2v) is 5.47. The first-order valence-corrected chi connectivity index (χ1v) is 7.53. The zero-order valence-corrected chi connectivity index (χ0v) is 13.8. The number of hydrogen-bond donors (Lipinski definition) is 0. The molecule has 140 valence electrons. The molecule has 0 saturated heterocycles. The molecule has 0 unspecified atom stereocenters. The van der Waals surface area contributed by atoms with Gasteiger partial charge in [0.25, 0.3) is 6.33 Å². The van der Waals surface area contributed by atoms with E-state index in [0.29, 0.717) is 11.1 Å². The Hall–Kier alpha value is -3.43. The topological polar surface area (TPSA) is 66.3 Å². The van der Waals surface area contributed by atoms with Gasteiger partial charge in [0.15, 0.2) is 0 Å². The summed E-state index contributed by atoms with van der Waals surface area (Å²) in [7, 11) is 1.64. The van der Waals surface area contributed by atoms with Crippen molar-refractivity contribution in [1.29, 1.82) is 0 Å². The van der Waals surface area contributed by atoms with Gasteiger partial charge in [-0.1, -0.05) is 24.3 Å². The molecule has 1 heterocycles. The van der Waals surface area contributed by atoms with Crippen molar-refractivity contribution < 1.29 is 32.1 Å². The number of alkyl halides is 3. The molecular formula is C17H12F4N4O2. The molecule has 0 N–H and O–H groups in total. The fourth-order valence-electron chi connectivity index (χ4n) is 2.29. The summed E-state index contributed by atoms with van der Waals surface area (Å²) in [6.07, 6.45) is -2.07. The molecule has 2 aromatic carbocycles. The number of ether oxygens (including phenoxy) is 1. The quantitative estimate of drug-likeness (QED) is 0.301. The van der Waals surface area contributed by atoms with Gasteiger partial charge in [-0.25, -0.2) is 4.39 Å². The highest BCUT2D eigenvalue weighted by Crippen LogP contribution is 2.27. The molecule has 0 bridgehead atoms. The average Bonchev–Trinajstić information content (AvgIpc) is 2.98. The van der Waals surface area contributed by atoms with E-state index in [4.69, 9.17) is 0 Å². The zero-order valence-electron chi connectivity index (χ0n) is 13.8. The summed E-state index contributed by atoms with van der Waals surface area (Å²) >= 11 is 0. The van der Waals surface area contributed by atoms with Crippen LogP contribution >= 0.6 is 0 Å². The van der Waals surface area contributed by atoms with Crippen LogP contribution in [0.2, 0.25) is 0 Å².